The minimum atomic E-state index is -0.601. The number of carbonyl (C=O) groups is 2. The maximum absolute atomic E-state index is 13.5. The molecule has 9 heteroatoms. The van der Waals surface area contributed by atoms with Crippen LogP contribution in [-0.4, -0.2) is 103 Å². The largest absolute Gasteiger partial charge is 0.344 e. The molecule has 0 aromatic heterocycles. The molecule has 8 nitrogen and oxygen atoms in total. The van der Waals surface area contributed by atoms with E-state index in [4.69, 9.17) is 17.3 Å². The van der Waals surface area contributed by atoms with Gasteiger partial charge in [0.2, 0.25) is 11.8 Å². The number of hydrazine groups is 1. The number of halogens is 1. The Morgan fingerprint density at radius 2 is 1.71 bits per heavy atom. The van der Waals surface area contributed by atoms with Gasteiger partial charge >= 0.3 is 0 Å². The van der Waals surface area contributed by atoms with E-state index in [1.54, 1.807) is 0 Å². The molecular weight excluding hydrogens is 464 g/mol. The van der Waals surface area contributed by atoms with Gasteiger partial charge in [-0.05, 0) is 43.5 Å². The molecule has 0 bridgehead atoms. The van der Waals surface area contributed by atoms with Crippen molar-refractivity contribution in [2.24, 2.45) is 11.7 Å². The first-order valence-corrected chi connectivity index (χ1v) is 13.4. The van der Waals surface area contributed by atoms with E-state index in [0.717, 1.165) is 51.1 Å². The summed E-state index contributed by atoms with van der Waals surface area (Å²) in [5, 5.41) is 8.68. The quantitative estimate of drug-likeness (QED) is 0.503. The summed E-state index contributed by atoms with van der Waals surface area (Å²) in [5.74, 6) is 0.377. The summed E-state index contributed by atoms with van der Waals surface area (Å²) in [6, 6.07) is 7.27. The monoisotopic (exact) mass is 506 g/mol. The number of carbonyl (C=O) groups excluding carboxylic acids is 2. The summed E-state index contributed by atoms with van der Waals surface area (Å²) in [7, 11) is 2.18. The second-order valence-corrected chi connectivity index (χ2v) is 10.8. The Balaban J connectivity index is 1.64. The van der Waals surface area contributed by atoms with Crippen molar-refractivity contribution in [2.45, 2.75) is 51.6 Å². The summed E-state index contributed by atoms with van der Waals surface area (Å²) in [4.78, 5) is 30.2. The number of rotatable bonds is 10. The predicted molar refractivity (Wildman–Crippen MR) is 141 cm³/mol. The van der Waals surface area contributed by atoms with Gasteiger partial charge in [0.25, 0.3) is 0 Å². The Kier molecular flexibility index (Phi) is 10.8. The maximum Gasteiger partial charge on any atom is 0.245 e. The summed E-state index contributed by atoms with van der Waals surface area (Å²) in [6.07, 6.45) is 2.53. The van der Waals surface area contributed by atoms with Crippen molar-refractivity contribution >= 4 is 23.4 Å². The average molecular weight is 507 g/mol. The number of benzene rings is 1. The van der Waals surface area contributed by atoms with Gasteiger partial charge in [0, 0.05) is 76.3 Å². The number of nitrogens with two attached hydrogens (primary N) is 1. The van der Waals surface area contributed by atoms with Crippen LogP contribution in [-0.2, 0) is 16.0 Å². The van der Waals surface area contributed by atoms with E-state index in [9.17, 15) is 9.59 Å². The number of hydrogen-bond acceptors (Lipinski definition) is 6. The maximum atomic E-state index is 13.5. The van der Waals surface area contributed by atoms with Gasteiger partial charge in [-0.3, -0.25) is 9.59 Å². The number of likely N-dealkylation sites (N-methyl/N-ethyl adjacent to an activating group) is 1. The van der Waals surface area contributed by atoms with Crippen LogP contribution < -0.4 is 11.1 Å². The van der Waals surface area contributed by atoms with Gasteiger partial charge < -0.3 is 20.9 Å². The van der Waals surface area contributed by atoms with Gasteiger partial charge in [-0.25, -0.2) is 10.0 Å². The van der Waals surface area contributed by atoms with E-state index in [-0.39, 0.29) is 24.8 Å². The van der Waals surface area contributed by atoms with E-state index in [0.29, 0.717) is 36.5 Å². The molecule has 0 radical (unpaired) electrons. The number of piperazine rings is 1. The highest BCUT2D eigenvalue weighted by molar-refractivity contribution is 6.30. The van der Waals surface area contributed by atoms with Gasteiger partial charge in [0.05, 0.1) is 0 Å². The van der Waals surface area contributed by atoms with Crippen LogP contribution in [0, 0.1) is 5.92 Å². The van der Waals surface area contributed by atoms with Crippen LogP contribution in [0.1, 0.15) is 38.7 Å². The Morgan fingerprint density at radius 3 is 2.29 bits per heavy atom. The first kappa shape index (κ1) is 27.9. The standard InChI is InChI=1S/C26H43ClN6O2/c1-20(2)19-33(32-16-14-30(3)15-17-32)23-9-12-31(13-10-23)26(35)24(29-25(34)8-11-28)18-21-4-6-22(27)7-5-21/h4-7,20,23-24H,8-19,28H2,1-3H3,(H,29,34)/t24-/m1/s1. The highest BCUT2D eigenvalue weighted by Gasteiger charge is 2.34. The molecule has 2 saturated heterocycles. The normalized spacial score (nSPS) is 19.3. The lowest BCUT2D eigenvalue weighted by Crippen LogP contribution is -2.60. The Hall–Kier alpha value is -1.71. The van der Waals surface area contributed by atoms with Crippen LogP contribution in [0.15, 0.2) is 24.3 Å². The molecular formula is C26H43ClN6O2. The van der Waals surface area contributed by atoms with E-state index < -0.39 is 6.04 Å². The molecule has 196 valence electrons. The van der Waals surface area contributed by atoms with Gasteiger partial charge in [0.15, 0.2) is 0 Å². The molecule has 1 aromatic rings. The minimum absolute atomic E-state index is 0.0150. The first-order valence-electron chi connectivity index (χ1n) is 13.0. The second-order valence-electron chi connectivity index (χ2n) is 10.3. The molecule has 2 heterocycles. The molecule has 3 N–H and O–H groups in total. The SMILES string of the molecule is CC(C)CN(C1CCN(C(=O)[C@@H](Cc2ccc(Cl)cc2)NC(=O)CCN)CC1)N1CCN(C)CC1. The molecule has 2 aliphatic rings. The number of nitrogens with one attached hydrogen (secondary N) is 1. The third-order valence-corrected chi connectivity index (χ3v) is 7.20. The lowest BCUT2D eigenvalue weighted by molar-refractivity contribution is -0.140. The van der Waals surface area contributed by atoms with Crippen molar-refractivity contribution in [1.29, 1.82) is 0 Å². The Bertz CT molecular complexity index is 805. The highest BCUT2D eigenvalue weighted by atomic mass is 35.5. The summed E-state index contributed by atoms with van der Waals surface area (Å²) >= 11 is 6.02. The molecule has 35 heavy (non-hydrogen) atoms. The van der Waals surface area contributed by atoms with Crippen molar-refractivity contribution in [2.75, 3.05) is 59.4 Å². The molecule has 2 amide bonds. The van der Waals surface area contributed by atoms with Crippen molar-refractivity contribution in [1.82, 2.24) is 25.1 Å². The molecule has 3 rings (SSSR count). The zero-order valence-corrected chi connectivity index (χ0v) is 22.3. The fourth-order valence-electron chi connectivity index (χ4n) is 4.98. The van der Waals surface area contributed by atoms with Crippen LogP contribution in [0.4, 0.5) is 0 Å². The van der Waals surface area contributed by atoms with E-state index in [2.05, 4.69) is 41.1 Å². The van der Waals surface area contributed by atoms with Crippen LogP contribution in [0.5, 0.6) is 0 Å². The van der Waals surface area contributed by atoms with Crippen molar-refractivity contribution in [3.05, 3.63) is 34.9 Å². The Morgan fingerprint density at radius 1 is 1.09 bits per heavy atom. The van der Waals surface area contributed by atoms with Crippen molar-refractivity contribution in [3.63, 3.8) is 0 Å². The fourth-order valence-corrected chi connectivity index (χ4v) is 5.11. The molecule has 1 atom stereocenters. The molecule has 2 fully saturated rings. The first-order chi connectivity index (χ1) is 16.8. The van der Waals surface area contributed by atoms with Gasteiger partial charge in [0.1, 0.15) is 6.04 Å². The van der Waals surface area contributed by atoms with E-state index in [1.165, 1.54) is 0 Å². The van der Waals surface area contributed by atoms with Gasteiger partial charge in [-0.15, -0.1) is 0 Å². The third-order valence-electron chi connectivity index (χ3n) is 6.95. The smallest absolute Gasteiger partial charge is 0.245 e. The molecule has 2 aliphatic heterocycles. The van der Waals surface area contributed by atoms with Crippen LogP contribution in [0.3, 0.4) is 0 Å². The predicted octanol–water partition coefficient (Wildman–Crippen LogP) is 1.83. The second kappa shape index (κ2) is 13.6. The van der Waals surface area contributed by atoms with Crippen molar-refractivity contribution < 1.29 is 9.59 Å². The van der Waals surface area contributed by atoms with E-state index in [1.807, 2.05) is 29.2 Å². The lowest BCUT2D eigenvalue weighted by Gasteiger charge is -2.47. The lowest BCUT2D eigenvalue weighted by atomic mass is 10.00. The zero-order chi connectivity index (χ0) is 25.4. The number of piperidine rings is 1. The van der Waals surface area contributed by atoms with Crippen molar-refractivity contribution in [3.8, 4) is 0 Å². The number of amides is 2. The van der Waals surface area contributed by atoms with E-state index >= 15 is 0 Å². The molecule has 0 aliphatic carbocycles. The highest BCUT2D eigenvalue weighted by Crippen LogP contribution is 2.22. The summed E-state index contributed by atoms with van der Waals surface area (Å²) in [6.45, 7) is 11.5. The fraction of sp³-hybridized carbons (Fsp3) is 0.692. The third kappa shape index (κ3) is 8.43. The minimum Gasteiger partial charge on any atom is -0.344 e. The van der Waals surface area contributed by atoms with Gasteiger partial charge in [-0.2, -0.15) is 0 Å². The summed E-state index contributed by atoms with van der Waals surface area (Å²) in [5.41, 5.74) is 6.52. The molecule has 0 spiro atoms. The average Bonchev–Trinajstić information content (AvgIpc) is 2.84. The zero-order valence-electron chi connectivity index (χ0n) is 21.6. The molecule has 0 unspecified atom stereocenters. The summed E-state index contributed by atoms with van der Waals surface area (Å²) < 4.78 is 0. The van der Waals surface area contributed by atoms with Gasteiger partial charge in [-0.1, -0.05) is 37.6 Å². The number of nitrogens with zero attached hydrogens (tertiary/aromatic N) is 4. The Labute approximate surface area is 215 Å². The van der Waals surface area contributed by atoms with Crippen LogP contribution in [0.25, 0.3) is 0 Å². The molecule has 0 saturated carbocycles. The number of likely N-dealkylation sites (tertiary alicyclic amines) is 1. The molecule has 1 aromatic carbocycles. The van der Waals surface area contributed by atoms with Crippen LogP contribution in [0.2, 0.25) is 5.02 Å². The topological polar surface area (TPSA) is 85.1 Å². The van der Waals surface area contributed by atoms with Crippen LogP contribution >= 0.6 is 11.6 Å². The number of hydrogen-bond donors (Lipinski definition) is 2.